The molecule has 0 aliphatic carbocycles. The highest BCUT2D eigenvalue weighted by molar-refractivity contribution is 5.84. The van der Waals surface area contributed by atoms with Crippen LogP contribution in [-0.4, -0.2) is 29.5 Å². The topological polar surface area (TPSA) is 127 Å². The number of para-hydroxylation sites is 1. The smallest absolute Gasteiger partial charge is 0.269 e. The van der Waals surface area contributed by atoms with Crippen molar-refractivity contribution in [3.05, 3.63) is 76.4 Å². The first-order valence-electron chi connectivity index (χ1n) is 10.5. The van der Waals surface area contributed by atoms with Gasteiger partial charge in [-0.1, -0.05) is 31.2 Å². The Bertz CT molecular complexity index is 1560. The molecule has 2 aromatic carbocycles. The Hall–Kier alpha value is -4.34. The number of aryl methyl sites for hydroxylation is 1. The van der Waals surface area contributed by atoms with Gasteiger partial charge in [-0.25, -0.2) is 14.4 Å². The lowest BCUT2D eigenvalue weighted by Crippen LogP contribution is -2.29. The monoisotopic (exact) mass is 444 g/mol. The van der Waals surface area contributed by atoms with Crippen LogP contribution in [-0.2, 0) is 0 Å². The molecular formula is C23H21FN8O. The van der Waals surface area contributed by atoms with E-state index in [4.69, 9.17) is 10.7 Å². The summed E-state index contributed by atoms with van der Waals surface area (Å²) in [6.07, 6.45) is 2.06. The molecule has 0 fully saturated rings. The number of halogens is 1. The molecule has 0 saturated heterocycles. The van der Waals surface area contributed by atoms with Crippen LogP contribution in [0.5, 0.6) is 0 Å². The van der Waals surface area contributed by atoms with Crippen molar-refractivity contribution in [2.24, 2.45) is 0 Å². The number of rotatable bonds is 5. The van der Waals surface area contributed by atoms with E-state index < -0.39 is 17.4 Å². The Morgan fingerprint density at radius 1 is 1.15 bits per heavy atom. The number of aromatic nitrogens is 6. The molecule has 33 heavy (non-hydrogen) atoms. The van der Waals surface area contributed by atoms with Gasteiger partial charge in [-0.3, -0.25) is 9.36 Å². The van der Waals surface area contributed by atoms with Gasteiger partial charge >= 0.3 is 0 Å². The van der Waals surface area contributed by atoms with E-state index in [1.54, 1.807) is 12.1 Å². The molecule has 0 spiro atoms. The maximum atomic E-state index is 14.7. The van der Waals surface area contributed by atoms with Gasteiger partial charge in [-0.15, -0.1) is 0 Å². The first-order valence-corrected chi connectivity index (χ1v) is 10.5. The largest absolute Gasteiger partial charge is 0.368 e. The van der Waals surface area contributed by atoms with Crippen molar-refractivity contribution < 1.29 is 4.39 Å². The maximum absolute atomic E-state index is 14.7. The fraction of sp³-hybridized carbons (Fsp3) is 0.174. The highest BCUT2D eigenvalue weighted by Gasteiger charge is 2.23. The van der Waals surface area contributed by atoms with Crippen LogP contribution in [0.3, 0.4) is 0 Å². The summed E-state index contributed by atoms with van der Waals surface area (Å²) >= 11 is 0. The molecule has 5 aromatic rings. The summed E-state index contributed by atoms with van der Waals surface area (Å²) in [4.78, 5) is 33.9. The van der Waals surface area contributed by atoms with Crippen molar-refractivity contribution in [3.63, 3.8) is 0 Å². The van der Waals surface area contributed by atoms with Crippen LogP contribution in [0.4, 0.5) is 16.2 Å². The van der Waals surface area contributed by atoms with Gasteiger partial charge in [0.25, 0.3) is 5.56 Å². The molecule has 4 N–H and O–H groups in total. The van der Waals surface area contributed by atoms with E-state index in [1.807, 2.05) is 38.1 Å². The maximum Gasteiger partial charge on any atom is 0.269 e. The summed E-state index contributed by atoms with van der Waals surface area (Å²) in [5, 5.41) is 3.28. The van der Waals surface area contributed by atoms with Crippen molar-refractivity contribution in [2.45, 2.75) is 26.3 Å². The highest BCUT2D eigenvalue weighted by atomic mass is 19.1. The van der Waals surface area contributed by atoms with Gasteiger partial charge in [0.05, 0.1) is 23.6 Å². The minimum Gasteiger partial charge on any atom is -0.368 e. The summed E-state index contributed by atoms with van der Waals surface area (Å²) in [5.74, 6) is 0.325. The Morgan fingerprint density at radius 2 is 1.97 bits per heavy atom. The van der Waals surface area contributed by atoms with Gasteiger partial charge in [0.2, 0.25) is 5.95 Å². The number of hydrogen-bond acceptors (Lipinski definition) is 7. The molecule has 10 heteroatoms. The van der Waals surface area contributed by atoms with E-state index in [2.05, 4.69) is 25.3 Å². The Kier molecular flexibility index (Phi) is 4.97. The highest BCUT2D eigenvalue weighted by Crippen LogP contribution is 2.28. The number of imidazole rings is 1. The number of nitrogens with one attached hydrogen (secondary N) is 2. The third-order valence-corrected chi connectivity index (χ3v) is 5.56. The predicted octanol–water partition coefficient (Wildman–Crippen LogP) is 3.64. The average molecular weight is 444 g/mol. The molecular weight excluding hydrogens is 423 g/mol. The average Bonchev–Trinajstić information content (AvgIpc) is 3.26. The van der Waals surface area contributed by atoms with Crippen LogP contribution < -0.4 is 16.6 Å². The number of hydrogen-bond donors (Lipinski definition) is 3. The van der Waals surface area contributed by atoms with Crippen molar-refractivity contribution in [1.29, 1.82) is 0 Å². The van der Waals surface area contributed by atoms with Gasteiger partial charge in [0, 0.05) is 0 Å². The second kappa shape index (κ2) is 7.97. The third-order valence-electron chi connectivity index (χ3n) is 5.56. The van der Waals surface area contributed by atoms with E-state index in [9.17, 15) is 9.18 Å². The van der Waals surface area contributed by atoms with E-state index >= 15 is 0 Å². The molecule has 3 aromatic heterocycles. The molecule has 5 rings (SSSR count). The van der Waals surface area contributed by atoms with Crippen LogP contribution in [0.15, 0.2) is 53.6 Å². The summed E-state index contributed by atoms with van der Waals surface area (Å²) in [6.45, 7) is 3.85. The minimum atomic E-state index is -0.609. The van der Waals surface area contributed by atoms with Crippen LogP contribution in [0.1, 0.15) is 30.8 Å². The first-order chi connectivity index (χ1) is 16.0. The van der Waals surface area contributed by atoms with E-state index in [1.165, 1.54) is 17.0 Å². The molecule has 0 radical (unpaired) electrons. The number of benzene rings is 2. The van der Waals surface area contributed by atoms with Gasteiger partial charge in [0.1, 0.15) is 22.5 Å². The van der Waals surface area contributed by atoms with Gasteiger partial charge in [-0.2, -0.15) is 9.97 Å². The molecule has 1 atom stereocenters. The lowest BCUT2D eigenvalue weighted by Gasteiger charge is -2.23. The molecule has 166 valence electrons. The van der Waals surface area contributed by atoms with Crippen LogP contribution >= 0.6 is 0 Å². The summed E-state index contributed by atoms with van der Waals surface area (Å²) in [7, 11) is 0. The molecule has 1 unspecified atom stereocenters. The molecule has 0 aliphatic heterocycles. The molecule has 0 amide bonds. The van der Waals surface area contributed by atoms with E-state index in [0.717, 1.165) is 5.56 Å². The number of nitrogen functional groups attached to an aromatic ring is 1. The lowest BCUT2D eigenvalue weighted by atomic mass is 10.1. The molecule has 0 aliphatic rings. The number of nitrogens with two attached hydrogens (primary N) is 1. The zero-order valence-electron chi connectivity index (χ0n) is 18.0. The lowest BCUT2D eigenvalue weighted by molar-refractivity contribution is 0.630. The van der Waals surface area contributed by atoms with Crippen LogP contribution in [0.2, 0.25) is 0 Å². The SMILES string of the molecule is CCC(Nc1nc(N)nc2nc[nH]c12)c1nc2cccc(F)c2c(=O)n1-c1ccccc1C. The summed E-state index contributed by atoms with van der Waals surface area (Å²) < 4.78 is 16.1. The zero-order valence-corrected chi connectivity index (χ0v) is 18.0. The zero-order chi connectivity index (χ0) is 23.1. The second-order valence-electron chi connectivity index (χ2n) is 7.67. The molecule has 3 heterocycles. The van der Waals surface area contributed by atoms with Crippen molar-refractivity contribution >= 4 is 33.8 Å². The van der Waals surface area contributed by atoms with Gasteiger partial charge in [-0.05, 0) is 37.1 Å². The van der Waals surface area contributed by atoms with Crippen molar-refractivity contribution in [3.8, 4) is 5.69 Å². The fourth-order valence-electron chi connectivity index (χ4n) is 3.96. The van der Waals surface area contributed by atoms with Crippen molar-refractivity contribution in [2.75, 3.05) is 11.1 Å². The van der Waals surface area contributed by atoms with E-state index in [0.29, 0.717) is 34.9 Å². The molecule has 9 nitrogen and oxygen atoms in total. The standard InChI is InChI=1S/C23H21FN8O/c1-3-14(28-20-18-19(27-11-26-18)30-23(25)31-20)21-29-15-9-6-8-13(24)17(15)22(33)32(21)16-10-5-4-7-12(16)2/h4-11,14H,3H2,1-2H3,(H4,25,26,27,28,30,31). The number of H-pyrrole nitrogens is 1. The molecule has 0 bridgehead atoms. The Morgan fingerprint density at radius 3 is 2.76 bits per heavy atom. The normalized spacial score (nSPS) is 12.3. The fourth-order valence-corrected chi connectivity index (χ4v) is 3.96. The van der Waals surface area contributed by atoms with Gasteiger partial charge < -0.3 is 16.0 Å². The summed E-state index contributed by atoms with van der Waals surface area (Å²) in [6, 6.07) is 11.4. The minimum absolute atomic E-state index is 0.0541. The number of anilines is 2. The van der Waals surface area contributed by atoms with Crippen LogP contribution in [0, 0.1) is 12.7 Å². The van der Waals surface area contributed by atoms with E-state index in [-0.39, 0.29) is 16.9 Å². The Balaban J connectivity index is 1.77. The summed E-state index contributed by atoms with van der Waals surface area (Å²) in [5.41, 5.74) is 8.17. The number of fused-ring (bicyclic) bond motifs is 2. The first kappa shape index (κ1) is 20.6. The van der Waals surface area contributed by atoms with Gasteiger partial charge in [0.15, 0.2) is 11.5 Å². The van der Waals surface area contributed by atoms with Crippen LogP contribution in [0.25, 0.3) is 27.8 Å². The quantitative estimate of drug-likeness (QED) is 0.378. The predicted molar refractivity (Wildman–Crippen MR) is 125 cm³/mol. The third kappa shape index (κ3) is 3.45. The second-order valence-corrected chi connectivity index (χ2v) is 7.67. The number of aromatic amines is 1. The Labute approximate surface area is 187 Å². The van der Waals surface area contributed by atoms with Crippen molar-refractivity contribution in [1.82, 2.24) is 29.5 Å². The molecule has 0 saturated carbocycles. The number of nitrogens with zero attached hydrogens (tertiary/aromatic N) is 5.